The van der Waals surface area contributed by atoms with Gasteiger partial charge in [0.1, 0.15) is 17.7 Å². The van der Waals surface area contributed by atoms with Crippen LogP contribution in [0, 0.1) is 18.8 Å². The van der Waals surface area contributed by atoms with Crippen LogP contribution in [-0.4, -0.2) is 81.9 Å². The standard InChI is InChI=1S/C35H57N5O7S.C4H10/c1-8-12-28(40(7)33(44)29(25-13-10-9-11-14-25)39-34(45)47-35(5,6)19-20-36)31(42)38-27(21-23(2)3)30(41)32(43)37-22-48(46)26-17-15-24(4)16-18-26;1-3-4-2/h15-18,23,25,27-29H,8-14,19-22,36H2,1-7H3,(H,37,43)(H,38,42)(H,39,45);3-4H2,1-2H3. The smallest absolute Gasteiger partial charge is 0.408 e. The van der Waals surface area contributed by atoms with Crippen LogP contribution in [0.3, 0.4) is 0 Å². The van der Waals surface area contributed by atoms with Crippen LogP contribution in [0.4, 0.5) is 4.79 Å². The van der Waals surface area contributed by atoms with Crippen LogP contribution >= 0.6 is 0 Å². The number of amides is 4. The molecule has 12 nitrogen and oxygen atoms in total. The van der Waals surface area contributed by atoms with E-state index in [1.165, 1.54) is 24.8 Å². The number of carbonyl (C=O) groups is 5. The highest BCUT2D eigenvalue weighted by Gasteiger charge is 2.39. The maximum atomic E-state index is 14.1. The topological polar surface area (TPSA) is 177 Å². The second kappa shape index (κ2) is 24.1. The Hall–Kier alpha value is -3.32. The third kappa shape index (κ3) is 16.6. The number of nitrogens with two attached hydrogens (primary N) is 1. The molecule has 13 heteroatoms. The molecule has 1 aliphatic carbocycles. The predicted molar refractivity (Wildman–Crippen MR) is 207 cm³/mol. The van der Waals surface area contributed by atoms with Crippen LogP contribution in [0.15, 0.2) is 29.2 Å². The minimum Gasteiger partial charge on any atom is -0.443 e. The molecule has 5 N–H and O–H groups in total. The van der Waals surface area contributed by atoms with Gasteiger partial charge in [-0.15, -0.1) is 0 Å². The van der Waals surface area contributed by atoms with Crippen LogP contribution in [0.2, 0.25) is 0 Å². The Balaban J connectivity index is 0.00000320. The summed E-state index contributed by atoms with van der Waals surface area (Å²) in [5.74, 6) is -3.24. The Bertz CT molecular complexity index is 1300. The largest absolute Gasteiger partial charge is 0.443 e. The van der Waals surface area contributed by atoms with E-state index in [1.807, 2.05) is 39.8 Å². The fourth-order valence-electron chi connectivity index (χ4n) is 5.92. The van der Waals surface area contributed by atoms with E-state index in [1.54, 1.807) is 26.0 Å². The van der Waals surface area contributed by atoms with Gasteiger partial charge in [0, 0.05) is 11.9 Å². The zero-order chi connectivity index (χ0) is 39.4. The summed E-state index contributed by atoms with van der Waals surface area (Å²) in [4.78, 5) is 69.0. The monoisotopic (exact) mass is 749 g/mol. The molecule has 4 atom stereocenters. The maximum Gasteiger partial charge on any atom is 0.408 e. The van der Waals surface area contributed by atoms with Crippen LogP contribution in [0.25, 0.3) is 0 Å². The molecule has 1 aromatic rings. The molecule has 0 spiro atoms. The van der Waals surface area contributed by atoms with Crippen molar-refractivity contribution in [2.45, 2.75) is 155 Å². The Morgan fingerprint density at radius 2 is 1.56 bits per heavy atom. The second-order valence-corrected chi connectivity index (χ2v) is 16.3. The highest BCUT2D eigenvalue weighted by molar-refractivity contribution is 7.85. The maximum absolute atomic E-state index is 14.1. The van der Waals surface area contributed by atoms with E-state index >= 15 is 0 Å². The third-order valence-corrected chi connectivity index (χ3v) is 10.4. The van der Waals surface area contributed by atoms with Crippen molar-refractivity contribution < 1.29 is 32.9 Å². The molecular formula is C39H67N5O7S. The molecule has 1 saturated carbocycles. The van der Waals surface area contributed by atoms with Gasteiger partial charge in [0.25, 0.3) is 5.91 Å². The summed E-state index contributed by atoms with van der Waals surface area (Å²) in [5, 5.41) is 7.98. The van der Waals surface area contributed by atoms with E-state index < -0.39 is 64.1 Å². The van der Waals surface area contributed by atoms with Crippen molar-refractivity contribution in [3.8, 4) is 0 Å². The van der Waals surface area contributed by atoms with E-state index in [-0.39, 0.29) is 24.1 Å². The lowest BCUT2D eigenvalue weighted by molar-refractivity contribution is -0.144. The van der Waals surface area contributed by atoms with Gasteiger partial charge >= 0.3 is 6.09 Å². The van der Waals surface area contributed by atoms with Gasteiger partial charge in [-0.2, -0.15) is 0 Å². The minimum absolute atomic E-state index is 0.0489. The minimum atomic E-state index is -1.56. The Morgan fingerprint density at radius 1 is 0.962 bits per heavy atom. The molecule has 2 rings (SSSR count). The number of unbranched alkanes of at least 4 members (excludes halogenated alkanes) is 1. The van der Waals surface area contributed by atoms with Crippen molar-refractivity contribution >= 4 is 40.4 Å². The summed E-state index contributed by atoms with van der Waals surface area (Å²) >= 11 is 0. The lowest BCUT2D eigenvalue weighted by atomic mass is 9.83. The van der Waals surface area contributed by atoms with E-state index in [0.717, 1.165) is 37.7 Å². The summed E-state index contributed by atoms with van der Waals surface area (Å²) in [6.07, 6.45) is 7.78. The molecule has 52 heavy (non-hydrogen) atoms. The SMILES string of the molecule is CCCC.CCCC(C(=O)NC(CC(C)C)C(=O)C(=O)NCS(=O)c1ccc(C)cc1)N(C)C(=O)C(NC(=O)OC(C)(C)CCN)C1CCCCC1. The normalized spacial score (nSPS) is 15.6. The highest BCUT2D eigenvalue weighted by atomic mass is 32.2. The lowest BCUT2D eigenvalue weighted by Gasteiger charge is -2.36. The van der Waals surface area contributed by atoms with Crippen molar-refractivity contribution in [2.24, 2.45) is 17.6 Å². The summed E-state index contributed by atoms with van der Waals surface area (Å²) in [6, 6.07) is 4.01. The third-order valence-electron chi connectivity index (χ3n) is 9.17. The Labute approximate surface area is 315 Å². The molecule has 0 heterocycles. The van der Waals surface area contributed by atoms with Gasteiger partial charge in [-0.1, -0.05) is 90.8 Å². The molecule has 0 saturated heterocycles. The van der Waals surface area contributed by atoms with Gasteiger partial charge in [-0.05, 0) is 83.4 Å². The number of nitrogens with one attached hydrogen (secondary N) is 3. The number of aryl methyl sites for hydroxylation is 1. The molecule has 1 fully saturated rings. The average Bonchev–Trinajstić information content (AvgIpc) is 3.10. The molecule has 0 aliphatic heterocycles. The number of likely N-dealkylation sites (N-methyl/N-ethyl adjacent to an activating group) is 1. The number of Topliss-reactive ketones (excluding diaryl/α,β-unsaturated/α-hetero) is 1. The molecule has 1 aromatic carbocycles. The average molecular weight is 750 g/mol. The van der Waals surface area contributed by atoms with Crippen molar-refractivity contribution in [1.29, 1.82) is 0 Å². The molecule has 0 aromatic heterocycles. The van der Waals surface area contributed by atoms with Crippen LogP contribution in [0.5, 0.6) is 0 Å². The molecule has 0 bridgehead atoms. The zero-order valence-electron chi connectivity index (χ0n) is 33.2. The van der Waals surface area contributed by atoms with E-state index in [4.69, 9.17) is 10.5 Å². The number of carbonyl (C=O) groups excluding carboxylic acids is 5. The fourth-order valence-corrected chi connectivity index (χ4v) is 6.79. The number of ketones is 1. The van der Waals surface area contributed by atoms with Gasteiger partial charge in [-0.25, -0.2) is 4.79 Å². The molecular weight excluding hydrogens is 683 g/mol. The van der Waals surface area contributed by atoms with Gasteiger partial charge in [0.05, 0.1) is 22.7 Å². The van der Waals surface area contributed by atoms with E-state index in [9.17, 15) is 28.2 Å². The fraction of sp³-hybridized carbons (Fsp3) is 0.718. The summed E-state index contributed by atoms with van der Waals surface area (Å²) < 4.78 is 18.3. The Kier molecular flexibility index (Phi) is 21.6. The molecule has 4 amide bonds. The van der Waals surface area contributed by atoms with Crippen LogP contribution in [0.1, 0.15) is 125 Å². The van der Waals surface area contributed by atoms with E-state index in [2.05, 4.69) is 29.8 Å². The molecule has 4 unspecified atom stereocenters. The first-order valence-corrected chi connectivity index (χ1v) is 20.4. The Morgan fingerprint density at radius 3 is 2.08 bits per heavy atom. The number of ether oxygens (including phenoxy) is 1. The number of benzene rings is 1. The van der Waals surface area contributed by atoms with Gasteiger partial charge in [0.15, 0.2) is 0 Å². The van der Waals surface area contributed by atoms with Gasteiger partial charge < -0.3 is 31.3 Å². The predicted octanol–water partition coefficient (Wildman–Crippen LogP) is 5.51. The first kappa shape index (κ1) is 46.7. The van der Waals surface area contributed by atoms with Crippen molar-refractivity contribution in [3.05, 3.63) is 29.8 Å². The number of alkyl carbamates (subject to hydrolysis) is 1. The number of hydrogen-bond acceptors (Lipinski definition) is 8. The summed E-state index contributed by atoms with van der Waals surface area (Å²) in [5.41, 5.74) is 5.85. The van der Waals surface area contributed by atoms with Crippen LogP contribution < -0.4 is 21.7 Å². The highest BCUT2D eigenvalue weighted by Crippen LogP contribution is 2.28. The van der Waals surface area contributed by atoms with Crippen LogP contribution in [-0.2, 0) is 34.7 Å². The lowest BCUT2D eigenvalue weighted by Crippen LogP contribution is -2.59. The molecule has 1 aliphatic rings. The molecule has 296 valence electrons. The summed E-state index contributed by atoms with van der Waals surface area (Å²) in [7, 11) is -0.0401. The first-order chi connectivity index (χ1) is 24.5. The quantitative estimate of drug-likeness (QED) is 0.134. The number of hydrogen-bond donors (Lipinski definition) is 4. The summed E-state index contributed by atoms with van der Waals surface area (Å²) in [6.45, 7) is 15.7. The van der Waals surface area contributed by atoms with E-state index in [0.29, 0.717) is 30.7 Å². The number of nitrogens with zero attached hydrogens (tertiary/aromatic N) is 1. The molecule has 0 radical (unpaired) electrons. The first-order valence-electron chi connectivity index (χ1n) is 19.0. The van der Waals surface area contributed by atoms with Gasteiger partial charge in [0.2, 0.25) is 17.6 Å². The van der Waals surface area contributed by atoms with Crippen molar-refractivity contribution in [2.75, 3.05) is 19.5 Å². The second-order valence-electron chi connectivity index (χ2n) is 14.8. The number of rotatable bonds is 19. The van der Waals surface area contributed by atoms with Gasteiger partial charge in [-0.3, -0.25) is 23.4 Å². The van der Waals surface area contributed by atoms with Crippen molar-refractivity contribution in [3.63, 3.8) is 0 Å². The van der Waals surface area contributed by atoms with Crippen molar-refractivity contribution in [1.82, 2.24) is 20.9 Å². The zero-order valence-corrected chi connectivity index (χ0v) is 34.0.